The molecule has 0 aromatic rings. The molecule has 0 aliphatic heterocycles. The van der Waals surface area contributed by atoms with Crippen molar-refractivity contribution in [2.45, 2.75) is 46.6 Å². The van der Waals surface area contributed by atoms with Gasteiger partial charge in [-0.05, 0) is 30.6 Å². The Labute approximate surface area is 124 Å². The monoisotopic (exact) mass is 310 g/mol. The van der Waals surface area contributed by atoms with E-state index in [2.05, 4.69) is 27.7 Å². The summed E-state index contributed by atoms with van der Waals surface area (Å²) in [6.45, 7) is 9.12. The van der Waals surface area contributed by atoms with E-state index >= 15 is 0 Å². The number of quaternary nitrogens is 1. The first-order chi connectivity index (χ1) is 8.80. The van der Waals surface area contributed by atoms with Crippen LogP contribution in [0.25, 0.3) is 0 Å². The molecular formula is C14H33NO4P+. The Balaban J connectivity index is 5.11. The molecule has 0 aromatic carbocycles. The van der Waals surface area contributed by atoms with E-state index in [-0.39, 0.29) is 5.92 Å². The van der Waals surface area contributed by atoms with Gasteiger partial charge in [0.15, 0.2) is 0 Å². The van der Waals surface area contributed by atoms with Crippen molar-refractivity contribution in [3.05, 3.63) is 0 Å². The minimum Gasteiger partial charge on any atom is -0.329 e. The Kier molecular flexibility index (Phi) is 7.93. The molecule has 6 heteroatoms. The van der Waals surface area contributed by atoms with E-state index in [1.54, 1.807) is 0 Å². The number of likely N-dealkylation sites (N-methyl/N-ethyl adjacent to an activating group) is 1. The third-order valence-electron chi connectivity index (χ3n) is 3.07. The van der Waals surface area contributed by atoms with E-state index in [9.17, 15) is 14.4 Å². The molecule has 0 spiro atoms. The van der Waals surface area contributed by atoms with Crippen molar-refractivity contribution in [2.75, 3.05) is 27.7 Å². The topological polar surface area (TPSA) is 66.8 Å². The lowest BCUT2D eigenvalue weighted by atomic mass is 9.85. The van der Waals surface area contributed by atoms with Gasteiger partial charge in [-0.3, -0.25) is 4.52 Å². The first-order valence-electron chi connectivity index (χ1n) is 7.34. The zero-order chi connectivity index (χ0) is 16.1. The van der Waals surface area contributed by atoms with Crippen LogP contribution in [0.15, 0.2) is 0 Å². The minimum atomic E-state index is -4.46. The molecule has 5 nitrogen and oxygen atoms in total. The molecule has 0 rings (SSSR count). The molecule has 0 aliphatic carbocycles. The van der Waals surface area contributed by atoms with Crippen molar-refractivity contribution in [3.63, 3.8) is 0 Å². The van der Waals surface area contributed by atoms with E-state index in [0.717, 1.165) is 12.8 Å². The van der Waals surface area contributed by atoms with Crippen LogP contribution in [0.5, 0.6) is 0 Å². The fourth-order valence-electron chi connectivity index (χ4n) is 2.60. The van der Waals surface area contributed by atoms with E-state index in [4.69, 9.17) is 4.52 Å². The first kappa shape index (κ1) is 20.1. The van der Waals surface area contributed by atoms with Gasteiger partial charge in [0.05, 0.1) is 21.1 Å². The van der Waals surface area contributed by atoms with E-state index in [1.807, 2.05) is 21.1 Å². The first-order valence-corrected chi connectivity index (χ1v) is 8.87. The quantitative estimate of drug-likeness (QED) is 0.507. The van der Waals surface area contributed by atoms with Gasteiger partial charge in [-0.25, -0.2) is 4.57 Å². The molecule has 0 amide bonds. The second-order valence-electron chi connectivity index (χ2n) is 7.63. The SMILES string of the molecule is CC(C)CC(CC(C)C)C(C[N+](C)(C)C)OP(=O)(O)O. The van der Waals surface area contributed by atoms with Crippen molar-refractivity contribution in [3.8, 4) is 0 Å². The number of phosphoric ester groups is 1. The summed E-state index contributed by atoms with van der Waals surface area (Å²) in [7, 11) is 1.58. The molecule has 0 bridgehead atoms. The van der Waals surface area contributed by atoms with Gasteiger partial charge in [0, 0.05) is 0 Å². The summed E-state index contributed by atoms with van der Waals surface area (Å²) in [6, 6.07) is 0. The normalized spacial score (nSPS) is 15.4. The predicted molar refractivity (Wildman–Crippen MR) is 82.2 cm³/mol. The fourth-order valence-corrected chi connectivity index (χ4v) is 3.19. The highest BCUT2D eigenvalue weighted by molar-refractivity contribution is 7.46. The Bertz CT molecular complexity index is 310. The molecule has 0 fully saturated rings. The molecule has 2 N–H and O–H groups in total. The van der Waals surface area contributed by atoms with Crippen LogP contribution in [0.4, 0.5) is 0 Å². The largest absolute Gasteiger partial charge is 0.470 e. The van der Waals surface area contributed by atoms with Crippen molar-refractivity contribution in [1.29, 1.82) is 0 Å². The third-order valence-corrected chi connectivity index (χ3v) is 3.62. The predicted octanol–water partition coefficient (Wildman–Crippen LogP) is 2.88. The van der Waals surface area contributed by atoms with Crippen LogP contribution >= 0.6 is 7.82 Å². The van der Waals surface area contributed by atoms with E-state index in [1.165, 1.54) is 0 Å². The van der Waals surface area contributed by atoms with Gasteiger partial charge in [0.1, 0.15) is 12.6 Å². The number of hydrogen-bond acceptors (Lipinski definition) is 2. The smallest absolute Gasteiger partial charge is 0.329 e. The lowest BCUT2D eigenvalue weighted by molar-refractivity contribution is -0.873. The highest BCUT2D eigenvalue weighted by Crippen LogP contribution is 2.41. The number of nitrogens with zero attached hydrogens (tertiary/aromatic N) is 1. The van der Waals surface area contributed by atoms with E-state index in [0.29, 0.717) is 22.9 Å². The highest BCUT2D eigenvalue weighted by Gasteiger charge is 2.34. The standard InChI is InChI=1S/C14H32NO4P/c1-11(2)8-13(9-12(3)4)14(10-15(5,6)7)19-20(16,17)18/h11-14H,8-10H2,1-7H3,(H-,16,17,18)/p+1. The van der Waals surface area contributed by atoms with Crippen LogP contribution < -0.4 is 0 Å². The van der Waals surface area contributed by atoms with Crippen LogP contribution in [-0.2, 0) is 9.09 Å². The molecule has 0 aliphatic rings. The molecule has 0 saturated heterocycles. The second-order valence-corrected chi connectivity index (χ2v) is 8.82. The maximum absolute atomic E-state index is 11.3. The average molecular weight is 310 g/mol. The summed E-state index contributed by atoms with van der Waals surface area (Å²) in [5.74, 6) is 1.13. The Morgan fingerprint density at radius 3 is 1.65 bits per heavy atom. The van der Waals surface area contributed by atoms with Crippen LogP contribution in [0.2, 0.25) is 0 Å². The van der Waals surface area contributed by atoms with Crippen LogP contribution in [0.1, 0.15) is 40.5 Å². The van der Waals surface area contributed by atoms with Gasteiger partial charge >= 0.3 is 7.82 Å². The second kappa shape index (κ2) is 7.90. The van der Waals surface area contributed by atoms with Crippen molar-refractivity contribution < 1.29 is 23.4 Å². The molecule has 1 atom stereocenters. The van der Waals surface area contributed by atoms with Gasteiger partial charge in [0.25, 0.3) is 0 Å². The summed E-state index contributed by atoms with van der Waals surface area (Å²) < 4.78 is 17.0. The van der Waals surface area contributed by atoms with Gasteiger partial charge in [0.2, 0.25) is 0 Å². The number of rotatable bonds is 9. The number of phosphoric acid groups is 1. The minimum absolute atomic E-state index is 0.167. The molecular weight excluding hydrogens is 277 g/mol. The van der Waals surface area contributed by atoms with Crippen molar-refractivity contribution in [2.24, 2.45) is 17.8 Å². The third kappa shape index (κ3) is 10.8. The lowest BCUT2D eigenvalue weighted by Gasteiger charge is -2.35. The van der Waals surface area contributed by atoms with Crippen LogP contribution in [-0.4, -0.2) is 48.1 Å². The molecule has 0 aromatic heterocycles. The maximum Gasteiger partial charge on any atom is 0.470 e. The van der Waals surface area contributed by atoms with Crippen molar-refractivity contribution in [1.82, 2.24) is 0 Å². The summed E-state index contributed by atoms with van der Waals surface area (Å²) >= 11 is 0. The molecule has 20 heavy (non-hydrogen) atoms. The summed E-state index contributed by atoms with van der Waals surface area (Å²) in [6.07, 6.45) is 1.42. The highest BCUT2D eigenvalue weighted by atomic mass is 31.2. The zero-order valence-electron chi connectivity index (χ0n) is 14.0. The van der Waals surface area contributed by atoms with Crippen LogP contribution in [0, 0.1) is 17.8 Å². The lowest BCUT2D eigenvalue weighted by Crippen LogP contribution is -2.45. The number of hydrogen-bond donors (Lipinski definition) is 2. The Hall–Kier alpha value is 0.0700. The Morgan fingerprint density at radius 1 is 1.00 bits per heavy atom. The molecule has 0 saturated carbocycles. The van der Waals surface area contributed by atoms with Crippen molar-refractivity contribution >= 4 is 7.82 Å². The van der Waals surface area contributed by atoms with Gasteiger partial charge < -0.3 is 14.3 Å². The molecule has 122 valence electrons. The fraction of sp³-hybridized carbons (Fsp3) is 1.00. The van der Waals surface area contributed by atoms with E-state index < -0.39 is 13.9 Å². The van der Waals surface area contributed by atoms with Gasteiger partial charge in [-0.1, -0.05) is 27.7 Å². The zero-order valence-corrected chi connectivity index (χ0v) is 14.9. The molecule has 0 heterocycles. The Morgan fingerprint density at radius 2 is 1.40 bits per heavy atom. The van der Waals surface area contributed by atoms with Crippen LogP contribution in [0.3, 0.4) is 0 Å². The summed E-state index contributed by atoms with van der Waals surface area (Å²) in [5.41, 5.74) is 0. The maximum atomic E-state index is 11.3. The van der Waals surface area contributed by atoms with Gasteiger partial charge in [-0.2, -0.15) is 0 Å². The summed E-state index contributed by atoms with van der Waals surface area (Å²) in [4.78, 5) is 18.4. The van der Waals surface area contributed by atoms with Gasteiger partial charge in [-0.15, -0.1) is 0 Å². The summed E-state index contributed by atoms with van der Waals surface area (Å²) in [5, 5.41) is 0. The molecule has 1 unspecified atom stereocenters. The molecule has 0 radical (unpaired) electrons. The average Bonchev–Trinajstić information content (AvgIpc) is 2.09.